The number of hydrogen-bond donors (Lipinski definition) is 1. The summed E-state index contributed by atoms with van der Waals surface area (Å²) < 4.78 is 20.6. The van der Waals surface area contributed by atoms with E-state index in [2.05, 4.69) is 10.3 Å². The highest BCUT2D eigenvalue weighted by Crippen LogP contribution is 2.20. The fourth-order valence-corrected chi connectivity index (χ4v) is 2.91. The summed E-state index contributed by atoms with van der Waals surface area (Å²) in [5.74, 6) is 0.491. The van der Waals surface area contributed by atoms with Crippen LogP contribution in [0.1, 0.15) is 11.3 Å². The smallest absolute Gasteiger partial charge is 0.137 e. The van der Waals surface area contributed by atoms with Crippen LogP contribution in [0.4, 0.5) is 10.1 Å². The molecule has 0 aliphatic rings. The standard InChI is InChI=1S/C21H17ClFN3O/c22-16-6-9-21-25-19(13-26(21)12-16)11-24-18-2-1-3-20(10-18)27-14-15-4-7-17(23)8-5-15/h1-10,12-13,24H,11,14H2. The number of nitrogens with zero attached hydrogens (tertiary/aromatic N) is 2. The van der Waals surface area contributed by atoms with E-state index in [1.807, 2.05) is 53.2 Å². The summed E-state index contributed by atoms with van der Waals surface area (Å²) in [6.45, 7) is 0.970. The van der Waals surface area contributed by atoms with Crippen molar-refractivity contribution in [3.8, 4) is 5.75 Å². The van der Waals surface area contributed by atoms with Gasteiger partial charge in [-0.05, 0) is 42.0 Å². The van der Waals surface area contributed by atoms with Crippen LogP contribution in [0.3, 0.4) is 0 Å². The maximum Gasteiger partial charge on any atom is 0.137 e. The first-order valence-electron chi connectivity index (χ1n) is 8.50. The van der Waals surface area contributed by atoms with Gasteiger partial charge in [0.25, 0.3) is 0 Å². The lowest BCUT2D eigenvalue weighted by Gasteiger charge is -2.09. The van der Waals surface area contributed by atoms with Crippen LogP contribution in [0.2, 0.25) is 5.02 Å². The van der Waals surface area contributed by atoms with Crippen molar-refractivity contribution < 1.29 is 9.13 Å². The van der Waals surface area contributed by atoms with Crippen molar-refractivity contribution in [2.75, 3.05) is 5.32 Å². The Hall–Kier alpha value is -3.05. The van der Waals surface area contributed by atoms with Gasteiger partial charge in [0.2, 0.25) is 0 Å². The molecule has 2 aromatic carbocycles. The molecule has 0 saturated carbocycles. The first-order valence-corrected chi connectivity index (χ1v) is 8.88. The van der Waals surface area contributed by atoms with Gasteiger partial charge in [-0.15, -0.1) is 0 Å². The van der Waals surface area contributed by atoms with Crippen molar-refractivity contribution in [3.63, 3.8) is 0 Å². The summed E-state index contributed by atoms with van der Waals surface area (Å²) >= 11 is 6.00. The normalized spacial score (nSPS) is 10.9. The highest BCUT2D eigenvalue weighted by atomic mass is 35.5. The molecule has 0 amide bonds. The van der Waals surface area contributed by atoms with Gasteiger partial charge in [0, 0.05) is 24.1 Å². The summed E-state index contributed by atoms with van der Waals surface area (Å²) in [5, 5.41) is 4.02. The lowest BCUT2D eigenvalue weighted by molar-refractivity contribution is 0.306. The number of fused-ring (bicyclic) bond motifs is 1. The molecule has 4 aromatic rings. The third-order valence-corrected chi connectivity index (χ3v) is 4.31. The zero-order valence-electron chi connectivity index (χ0n) is 14.4. The summed E-state index contributed by atoms with van der Waals surface area (Å²) in [7, 11) is 0. The predicted octanol–water partition coefficient (Wildman–Crippen LogP) is 5.32. The van der Waals surface area contributed by atoms with E-state index >= 15 is 0 Å². The predicted molar refractivity (Wildman–Crippen MR) is 105 cm³/mol. The van der Waals surface area contributed by atoms with E-state index in [1.165, 1.54) is 12.1 Å². The molecule has 0 unspecified atom stereocenters. The Bertz CT molecular complexity index is 1060. The van der Waals surface area contributed by atoms with Crippen LogP contribution in [0.25, 0.3) is 5.65 Å². The number of ether oxygens (including phenoxy) is 1. The molecule has 0 radical (unpaired) electrons. The molecule has 1 N–H and O–H groups in total. The number of hydrogen-bond acceptors (Lipinski definition) is 3. The van der Waals surface area contributed by atoms with Crippen molar-refractivity contribution in [1.82, 2.24) is 9.38 Å². The topological polar surface area (TPSA) is 38.6 Å². The lowest BCUT2D eigenvalue weighted by Crippen LogP contribution is -2.00. The molecule has 136 valence electrons. The van der Waals surface area contributed by atoms with E-state index in [9.17, 15) is 4.39 Å². The fourth-order valence-electron chi connectivity index (χ4n) is 2.74. The molecule has 0 bridgehead atoms. The highest BCUT2D eigenvalue weighted by Gasteiger charge is 2.03. The van der Waals surface area contributed by atoms with Crippen LogP contribution in [0.5, 0.6) is 5.75 Å². The zero-order chi connectivity index (χ0) is 18.6. The Kier molecular flexibility index (Phi) is 4.94. The quantitative estimate of drug-likeness (QED) is 0.491. The average molecular weight is 382 g/mol. The molecule has 0 saturated heterocycles. The monoisotopic (exact) mass is 381 g/mol. The van der Waals surface area contributed by atoms with E-state index < -0.39 is 0 Å². The highest BCUT2D eigenvalue weighted by molar-refractivity contribution is 6.30. The van der Waals surface area contributed by atoms with Gasteiger partial charge in [0.05, 0.1) is 17.3 Å². The maximum atomic E-state index is 13.0. The summed E-state index contributed by atoms with van der Waals surface area (Å²) in [4.78, 5) is 4.55. The van der Waals surface area contributed by atoms with E-state index in [-0.39, 0.29) is 5.82 Å². The Labute approximate surface area is 161 Å². The molecule has 0 fully saturated rings. The van der Waals surface area contributed by atoms with Crippen molar-refractivity contribution >= 4 is 22.9 Å². The SMILES string of the molecule is Fc1ccc(COc2cccc(NCc3cn4cc(Cl)ccc4n3)c2)cc1. The van der Waals surface area contributed by atoms with Crippen molar-refractivity contribution in [2.24, 2.45) is 0 Å². The van der Waals surface area contributed by atoms with Crippen LogP contribution < -0.4 is 10.1 Å². The number of aromatic nitrogens is 2. The van der Waals surface area contributed by atoms with Gasteiger partial charge < -0.3 is 14.5 Å². The van der Waals surface area contributed by atoms with Gasteiger partial charge in [-0.3, -0.25) is 0 Å². The number of nitrogens with one attached hydrogen (secondary N) is 1. The summed E-state index contributed by atoms with van der Waals surface area (Å²) in [6, 6.07) is 17.7. The van der Waals surface area contributed by atoms with Gasteiger partial charge in [0.1, 0.15) is 23.8 Å². The Morgan fingerprint density at radius 2 is 1.89 bits per heavy atom. The first kappa shape index (κ1) is 17.4. The zero-order valence-corrected chi connectivity index (χ0v) is 15.2. The lowest BCUT2D eigenvalue weighted by atomic mass is 10.2. The molecule has 0 aliphatic heterocycles. The molecule has 0 spiro atoms. The Morgan fingerprint density at radius 3 is 2.74 bits per heavy atom. The van der Waals surface area contributed by atoms with Gasteiger partial charge in [0.15, 0.2) is 0 Å². The van der Waals surface area contributed by atoms with Crippen LogP contribution in [-0.2, 0) is 13.2 Å². The van der Waals surface area contributed by atoms with Crippen molar-refractivity contribution in [3.05, 3.63) is 95.2 Å². The molecule has 4 nitrogen and oxygen atoms in total. The largest absolute Gasteiger partial charge is 0.489 e. The molecule has 27 heavy (non-hydrogen) atoms. The van der Waals surface area contributed by atoms with E-state index in [1.54, 1.807) is 12.1 Å². The number of imidazole rings is 1. The van der Waals surface area contributed by atoms with E-state index in [4.69, 9.17) is 16.3 Å². The number of benzene rings is 2. The van der Waals surface area contributed by atoms with E-state index in [0.29, 0.717) is 18.2 Å². The molecule has 4 rings (SSSR count). The Morgan fingerprint density at radius 1 is 1.04 bits per heavy atom. The number of anilines is 1. The maximum absolute atomic E-state index is 13.0. The molecule has 0 aliphatic carbocycles. The first-order chi connectivity index (χ1) is 13.2. The van der Waals surface area contributed by atoms with Crippen LogP contribution in [0.15, 0.2) is 73.1 Å². The third-order valence-electron chi connectivity index (χ3n) is 4.09. The second-order valence-electron chi connectivity index (χ2n) is 6.14. The van der Waals surface area contributed by atoms with Gasteiger partial charge >= 0.3 is 0 Å². The van der Waals surface area contributed by atoms with Crippen LogP contribution >= 0.6 is 11.6 Å². The summed E-state index contributed by atoms with van der Waals surface area (Å²) in [5.41, 5.74) is 3.61. The second-order valence-corrected chi connectivity index (χ2v) is 6.58. The number of pyridine rings is 1. The second kappa shape index (κ2) is 7.68. The Balaban J connectivity index is 1.38. The fraction of sp³-hybridized carbons (Fsp3) is 0.0952. The third kappa shape index (κ3) is 4.38. The minimum Gasteiger partial charge on any atom is -0.489 e. The van der Waals surface area contributed by atoms with Crippen LogP contribution in [-0.4, -0.2) is 9.38 Å². The van der Waals surface area contributed by atoms with Gasteiger partial charge in [-0.1, -0.05) is 29.8 Å². The molecular formula is C21H17ClFN3O. The molecular weight excluding hydrogens is 365 g/mol. The minimum absolute atomic E-state index is 0.251. The summed E-state index contributed by atoms with van der Waals surface area (Å²) in [6.07, 6.45) is 3.78. The van der Waals surface area contributed by atoms with Gasteiger partial charge in [-0.25, -0.2) is 9.37 Å². The number of halogens is 2. The molecule has 0 atom stereocenters. The molecule has 2 heterocycles. The molecule has 6 heteroatoms. The van der Waals surface area contributed by atoms with Crippen LogP contribution in [0, 0.1) is 5.82 Å². The number of rotatable bonds is 6. The van der Waals surface area contributed by atoms with Crippen molar-refractivity contribution in [2.45, 2.75) is 13.2 Å². The average Bonchev–Trinajstić information content (AvgIpc) is 3.08. The van der Waals surface area contributed by atoms with E-state index in [0.717, 1.165) is 28.3 Å². The molecule has 2 aromatic heterocycles. The minimum atomic E-state index is -0.251. The van der Waals surface area contributed by atoms with Gasteiger partial charge in [-0.2, -0.15) is 0 Å². The van der Waals surface area contributed by atoms with Crippen molar-refractivity contribution in [1.29, 1.82) is 0 Å².